The number of hydrogen-bond acceptors (Lipinski definition) is 6. The molecule has 10 heteroatoms. The van der Waals surface area contributed by atoms with E-state index in [2.05, 4.69) is 15.4 Å². The van der Waals surface area contributed by atoms with Gasteiger partial charge in [-0.25, -0.2) is 9.97 Å². The number of carbonyl (C=O) groups excluding carboxylic acids is 1. The molecule has 0 saturated carbocycles. The molecule has 2 heterocycles. The van der Waals surface area contributed by atoms with Gasteiger partial charge in [0.1, 0.15) is 11.5 Å². The number of halogens is 4. The number of hydrogen-bond donors (Lipinski definition) is 2. The molecule has 0 aliphatic carbocycles. The topological polar surface area (TPSA) is 90.1 Å². The lowest BCUT2D eigenvalue weighted by Crippen LogP contribution is -2.11. The Morgan fingerprint density at radius 2 is 1.88 bits per heavy atom. The first-order valence-electron chi connectivity index (χ1n) is 9.47. The average Bonchev–Trinajstić information content (AvgIpc) is 2.73. The molecule has 1 aromatic carbocycles. The van der Waals surface area contributed by atoms with Crippen molar-refractivity contribution in [1.29, 1.82) is 0 Å². The van der Waals surface area contributed by atoms with Crippen LogP contribution in [0.15, 0.2) is 48.8 Å². The summed E-state index contributed by atoms with van der Waals surface area (Å²) in [6.07, 6.45) is -1.36. The van der Waals surface area contributed by atoms with E-state index < -0.39 is 11.7 Å². The summed E-state index contributed by atoms with van der Waals surface area (Å²) < 4.78 is 36.7. The monoisotopic (exact) mass is 466 g/mol. The maximum atomic E-state index is 12.4. The molecule has 3 N–H and O–H groups in total. The molecule has 2 aromatic heterocycles. The fourth-order valence-corrected chi connectivity index (χ4v) is 2.77. The predicted octanol–water partition coefficient (Wildman–Crippen LogP) is 5.63. The normalized spacial score (nSPS) is 10.8. The third-order valence-electron chi connectivity index (χ3n) is 4.14. The Morgan fingerprint density at radius 3 is 2.47 bits per heavy atom. The number of ketones is 1. The lowest BCUT2D eigenvalue weighted by Gasteiger charge is -2.10. The Kier molecular flexibility index (Phi) is 8.56. The highest BCUT2D eigenvalue weighted by Gasteiger charge is 2.32. The summed E-state index contributed by atoms with van der Waals surface area (Å²) in [7, 11) is 0. The highest BCUT2D eigenvalue weighted by atomic mass is 35.5. The van der Waals surface area contributed by atoms with Crippen molar-refractivity contribution in [3.8, 4) is 0 Å². The van der Waals surface area contributed by atoms with Crippen LogP contribution in [0.2, 0.25) is 5.02 Å². The quantitative estimate of drug-likeness (QED) is 0.374. The Balaban J connectivity index is 0.000000258. The summed E-state index contributed by atoms with van der Waals surface area (Å²) in [5, 5.41) is 0.401. The number of alkyl halides is 3. The standard InChI is InChI=1S/C13H13ClN4O2.C9H9F3/c1-2-20-18-10-6-9(14)7-17-12(10)13(19)8-3-4-16-11(15)5-8;1-6-3-4-7(2)8(5-6)9(10,11)12/h3-7,18H,2H2,1H3,(H2,15,16);3-5H,1-2H3. The second-order valence-corrected chi connectivity index (χ2v) is 7.14. The molecule has 3 aromatic rings. The summed E-state index contributed by atoms with van der Waals surface area (Å²) in [5.74, 6) is -0.0258. The molecule has 32 heavy (non-hydrogen) atoms. The number of nitrogens with one attached hydrogen (secondary N) is 1. The molecule has 0 fully saturated rings. The predicted molar refractivity (Wildman–Crippen MR) is 117 cm³/mol. The maximum absolute atomic E-state index is 12.4. The van der Waals surface area contributed by atoms with Crippen molar-refractivity contribution in [2.24, 2.45) is 0 Å². The van der Waals surface area contributed by atoms with E-state index in [1.54, 1.807) is 25.1 Å². The lowest BCUT2D eigenvalue weighted by molar-refractivity contribution is -0.138. The third kappa shape index (κ3) is 6.93. The van der Waals surface area contributed by atoms with Crippen LogP contribution in [0.1, 0.15) is 39.7 Å². The number of nitrogens with zero attached hydrogens (tertiary/aromatic N) is 2. The molecule has 0 unspecified atom stereocenters. The maximum Gasteiger partial charge on any atom is 0.416 e. The number of aryl methyl sites for hydroxylation is 2. The minimum absolute atomic E-state index is 0.202. The molecule has 0 bridgehead atoms. The summed E-state index contributed by atoms with van der Waals surface area (Å²) in [4.78, 5) is 25.4. The molecule has 0 spiro atoms. The van der Waals surface area contributed by atoms with Crippen LogP contribution in [-0.4, -0.2) is 22.4 Å². The smallest absolute Gasteiger partial charge is 0.384 e. The minimum Gasteiger partial charge on any atom is -0.384 e. The number of carbonyl (C=O) groups is 1. The van der Waals surface area contributed by atoms with E-state index in [1.165, 1.54) is 31.5 Å². The molecule has 0 radical (unpaired) electrons. The van der Waals surface area contributed by atoms with Gasteiger partial charge < -0.3 is 5.73 Å². The molecule has 0 aliphatic rings. The van der Waals surface area contributed by atoms with Crippen LogP contribution in [0.3, 0.4) is 0 Å². The van der Waals surface area contributed by atoms with Gasteiger partial charge in [-0.15, -0.1) is 0 Å². The van der Waals surface area contributed by atoms with Crippen LogP contribution in [0.5, 0.6) is 0 Å². The van der Waals surface area contributed by atoms with Crippen LogP contribution in [-0.2, 0) is 11.0 Å². The Bertz CT molecular complexity index is 1090. The summed E-state index contributed by atoms with van der Waals surface area (Å²) in [6.45, 7) is 5.36. The third-order valence-corrected chi connectivity index (χ3v) is 4.34. The SMILES string of the molecule is CCONc1cc(Cl)cnc1C(=O)c1ccnc(N)c1.Cc1ccc(C)c(C(F)(F)F)c1. The zero-order chi connectivity index (χ0) is 23.9. The molecule has 170 valence electrons. The first kappa shape index (κ1) is 25.1. The lowest BCUT2D eigenvalue weighted by atomic mass is 10.1. The molecule has 0 atom stereocenters. The van der Waals surface area contributed by atoms with Gasteiger partial charge in [-0.2, -0.15) is 13.2 Å². The first-order chi connectivity index (χ1) is 15.0. The van der Waals surface area contributed by atoms with Crippen LogP contribution < -0.4 is 11.2 Å². The van der Waals surface area contributed by atoms with Crippen molar-refractivity contribution in [2.45, 2.75) is 26.9 Å². The summed E-state index contributed by atoms with van der Waals surface area (Å²) in [6, 6.07) is 8.95. The number of nitrogens with two attached hydrogens (primary N) is 1. The van der Waals surface area contributed by atoms with Gasteiger partial charge in [-0.3, -0.25) is 15.1 Å². The molecule has 6 nitrogen and oxygen atoms in total. The minimum atomic E-state index is -4.23. The second kappa shape index (κ2) is 10.9. The largest absolute Gasteiger partial charge is 0.416 e. The van der Waals surface area contributed by atoms with Gasteiger partial charge in [-0.1, -0.05) is 29.3 Å². The molecule has 3 rings (SSSR count). The molecular weight excluding hydrogens is 445 g/mol. The summed E-state index contributed by atoms with van der Waals surface area (Å²) >= 11 is 5.87. The second-order valence-electron chi connectivity index (χ2n) is 6.70. The van der Waals surface area contributed by atoms with E-state index in [9.17, 15) is 18.0 Å². The Labute approximate surface area is 188 Å². The highest BCUT2D eigenvalue weighted by Crippen LogP contribution is 2.32. The van der Waals surface area contributed by atoms with Crippen LogP contribution in [0.4, 0.5) is 24.7 Å². The van der Waals surface area contributed by atoms with Crippen molar-refractivity contribution in [3.63, 3.8) is 0 Å². The number of rotatable bonds is 5. The Morgan fingerprint density at radius 1 is 1.16 bits per heavy atom. The number of aromatic nitrogens is 2. The van der Waals surface area contributed by atoms with Gasteiger partial charge in [0.05, 0.1) is 22.9 Å². The Hall–Kier alpha value is -3.17. The van der Waals surface area contributed by atoms with Gasteiger partial charge in [0, 0.05) is 18.0 Å². The van der Waals surface area contributed by atoms with Crippen LogP contribution in [0.25, 0.3) is 0 Å². The van der Waals surface area contributed by atoms with Crippen LogP contribution in [0, 0.1) is 13.8 Å². The van der Waals surface area contributed by atoms with E-state index in [-0.39, 0.29) is 22.9 Å². The molecule has 0 saturated heterocycles. The van der Waals surface area contributed by atoms with Crippen molar-refractivity contribution in [1.82, 2.24) is 9.97 Å². The van der Waals surface area contributed by atoms with Crippen molar-refractivity contribution in [3.05, 3.63) is 81.8 Å². The zero-order valence-corrected chi connectivity index (χ0v) is 18.4. The van der Waals surface area contributed by atoms with E-state index in [0.717, 1.165) is 6.07 Å². The van der Waals surface area contributed by atoms with Gasteiger partial charge >= 0.3 is 6.18 Å². The number of nitrogen functional groups attached to an aromatic ring is 1. The number of benzene rings is 1. The molecule has 0 amide bonds. The first-order valence-corrected chi connectivity index (χ1v) is 9.84. The van der Waals surface area contributed by atoms with Crippen molar-refractivity contribution in [2.75, 3.05) is 17.8 Å². The van der Waals surface area contributed by atoms with Gasteiger partial charge in [-0.05, 0) is 50.6 Å². The highest BCUT2D eigenvalue weighted by molar-refractivity contribution is 6.31. The van der Waals surface area contributed by atoms with Gasteiger partial charge in [0.2, 0.25) is 5.78 Å². The molecule has 0 aliphatic heterocycles. The summed E-state index contributed by atoms with van der Waals surface area (Å²) in [5.41, 5.74) is 9.59. The number of pyridine rings is 2. The van der Waals surface area contributed by atoms with E-state index >= 15 is 0 Å². The fraction of sp³-hybridized carbons (Fsp3) is 0.227. The van der Waals surface area contributed by atoms with E-state index in [0.29, 0.717) is 28.4 Å². The zero-order valence-electron chi connectivity index (χ0n) is 17.6. The molecular formula is C22H22ClF3N4O2. The van der Waals surface area contributed by atoms with Gasteiger partial charge in [0.25, 0.3) is 0 Å². The van der Waals surface area contributed by atoms with Gasteiger partial charge in [0.15, 0.2) is 0 Å². The number of anilines is 2. The van der Waals surface area contributed by atoms with Crippen molar-refractivity contribution < 1.29 is 22.8 Å². The van der Waals surface area contributed by atoms with Crippen molar-refractivity contribution >= 4 is 28.9 Å². The average molecular weight is 467 g/mol. The fourth-order valence-electron chi connectivity index (χ4n) is 2.62. The van der Waals surface area contributed by atoms with Crippen LogP contribution >= 0.6 is 11.6 Å². The van der Waals surface area contributed by atoms with E-state index in [4.69, 9.17) is 22.2 Å². The van der Waals surface area contributed by atoms with E-state index in [1.807, 2.05) is 6.92 Å².